The summed E-state index contributed by atoms with van der Waals surface area (Å²) >= 11 is 0. The van der Waals surface area contributed by atoms with Crippen LogP contribution in [0.25, 0.3) is 0 Å². The Morgan fingerprint density at radius 3 is 2.57 bits per heavy atom. The molecule has 0 aromatic rings. The van der Waals surface area contributed by atoms with Gasteiger partial charge in [0, 0.05) is 6.42 Å². The van der Waals surface area contributed by atoms with Crippen LogP contribution in [0, 0.1) is 5.41 Å². The highest BCUT2D eigenvalue weighted by molar-refractivity contribution is 5.95. The van der Waals surface area contributed by atoms with Crippen molar-refractivity contribution in [2.45, 2.75) is 66.2 Å². The number of ketones is 1. The maximum atomic E-state index is 12.5. The van der Waals surface area contributed by atoms with Crippen molar-refractivity contribution in [3.05, 3.63) is 34.9 Å². The van der Waals surface area contributed by atoms with Crippen molar-refractivity contribution in [1.29, 1.82) is 0 Å². The molecule has 1 aliphatic rings. The van der Waals surface area contributed by atoms with E-state index in [0.717, 1.165) is 18.4 Å². The van der Waals surface area contributed by atoms with Crippen LogP contribution in [-0.2, 0) is 14.3 Å². The predicted octanol–water partition coefficient (Wildman–Crippen LogP) is 4.93. The van der Waals surface area contributed by atoms with E-state index in [0.29, 0.717) is 25.7 Å². The highest BCUT2D eigenvalue weighted by atomic mass is 16.5. The third-order valence-electron chi connectivity index (χ3n) is 4.60. The summed E-state index contributed by atoms with van der Waals surface area (Å²) in [5, 5.41) is 0. The maximum absolute atomic E-state index is 12.5. The van der Waals surface area contributed by atoms with Crippen LogP contribution in [0.2, 0.25) is 0 Å². The van der Waals surface area contributed by atoms with Gasteiger partial charge in [0.25, 0.3) is 0 Å². The lowest BCUT2D eigenvalue weighted by Gasteiger charge is -2.35. The van der Waals surface area contributed by atoms with Crippen molar-refractivity contribution < 1.29 is 14.3 Å². The Balaban J connectivity index is 2.96. The minimum Gasteiger partial charge on any atom is -0.468 e. The summed E-state index contributed by atoms with van der Waals surface area (Å²) < 4.78 is 5.08. The van der Waals surface area contributed by atoms with E-state index in [1.165, 1.54) is 18.3 Å². The van der Waals surface area contributed by atoms with Crippen LogP contribution >= 0.6 is 0 Å². The first-order chi connectivity index (χ1) is 10.9. The molecule has 1 aliphatic carbocycles. The lowest BCUT2D eigenvalue weighted by atomic mass is 9.68. The standard InChI is InChI=1S/C20H30O3/c1-6-17-14-18(21)11-13-20(17,19(22)23-5)12-10-16(4)9-7-8-15(2)3/h8,10,14H,6-7,9,11-13H2,1-5H3/b16-10+. The van der Waals surface area contributed by atoms with Crippen molar-refractivity contribution in [1.82, 2.24) is 0 Å². The van der Waals surface area contributed by atoms with E-state index in [2.05, 4.69) is 32.9 Å². The molecule has 1 unspecified atom stereocenters. The molecule has 1 atom stereocenters. The number of hydrogen-bond donors (Lipinski definition) is 0. The molecule has 0 radical (unpaired) electrons. The number of esters is 1. The van der Waals surface area contributed by atoms with Crippen molar-refractivity contribution in [3.63, 3.8) is 0 Å². The second-order valence-electron chi connectivity index (χ2n) is 6.64. The first-order valence-corrected chi connectivity index (χ1v) is 8.47. The van der Waals surface area contributed by atoms with Gasteiger partial charge in [-0.25, -0.2) is 0 Å². The molecule has 0 spiro atoms. The fourth-order valence-electron chi connectivity index (χ4n) is 3.13. The van der Waals surface area contributed by atoms with E-state index in [9.17, 15) is 9.59 Å². The van der Waals surface area contributed by atoms with E-state index < -0.39 is 5.41 Å². The monoisotopic (exact) mass is 318 g/mol. The molecule has 0 saturated heterocycles. The molecule has 0 amide bonds. The predicted molar refractivity (Wildman–Crippen MR) is 94.1 cm³/mol. The summed E-state index contributed by atoms with van der Waals surface area (Å²) in [7, 11) is 1.43. The quantitative estimate of drug-likeness (QED) is 0.494. The highest BCUT2D eigenvalue weighted by Crippen LogP contribution is 2.43. The number of hydrogen-bond acceptors (Lipinski definition) is 3. The lowest BCUT2D eigenvalue weighted by molar-refractivity contribution is -0.151. The zero-order valence-electron chi connectivity index (χ0n) is 15.2. The van der Waals surface area contributed by atoms with Gasteiger partial charge in [0.2, 0.25) is 0 Å². The summed E-state index contributed by atoms with van der Waals surface area (Å²) in [6, 6.07) is 0. The van der Waals surface area contributed by atoms with Crippen molar-refractivity contribution in [3.8, 4) is 0 Å². The molecule has 0 aromatic carbocycles. The normalized spacial score (nSPS) is 21.7. The van der Waals surface area contributed by atoms with Gasteiger partial charge in [-0.05, 0) is 64.5 Å². The summed E-state index contributed by atoms with van der Waals surface area (Å²) in [6.07, 6.45) is 10.3. The average Bonchev–Trinajstić information content (AvgIpc) is 2.52. The van der Waals surface area contributed by atoms with E-state index in [1.807, 2.05) is 6.92 Å². The van der Waals surface area contributed by atoms with Crippen LogP contribution in [-0.4, -0.2) is 18.9 Å². The van der Waals surface area contributed by atoms with E-state index in [-0.39, 0.29) is 11.8 Å². The Hall–Kier alpha value is -1.64. The van der Waals surface area contributed by atoms with E-state index in [4.69, 9.17) is 4.74 Å². The molecular formula is C20H30O3. The van der Waals surface area contributed by atoms with Crippen LogP contribution in [0.3, 0.4) is 0 Å². The summed E-state index contributed by atoms with van der Waals surface area (Å²) in [4.78, 5) is 24.2. The minimum atomic E-state index is -0.658. The molecule has 23 heavy (non-hydrogen) atoms. The molecule has 1 rings (SSSR count). The Kier molecular flexibility index (Phi) is 7.47. The molecule has 0 aliphatic heterocycles. The van der Waals surface area contributed by atoms with Crippen molar-refractivity contribution >= 4 is 11.8 Å². The van der Waals surface area contributed by atoms with Gasteiger partial charge < -0.3 is 4.74 Å². The molecule has 0 fully saturated rings. The van der Waals surface area contributed by atoms with Crippen LogP contribution in [0.5, 0.6) is 0 Å². The molecule has 128 valence electrons. The second-order valence-corrected chi connectivity index (χ2v) is 6.64. The minimum absolute atomic E-state index is 0.116. The van der Waals surface area contributed by atoms with Crippen LogP contribution < -0.4 is 0 Å². The number of allylic oxidation sites excluding steroid dienone is 5. The van der Waals surface area contributed by atoms with Gasteiger partial charge in [-0.2, -0.15) is 0 Å². The number of ether oxygens (including phenoxy) is 1. The van der Waals surface area contributed by atoms with Gasteiger partial charge in [-0.1, -0.05) is 30.2 Å². The smallest absolute Gasteiger partial charge is 0.316 e. The molecule has 0 aromatic heterocycles. The Labute approximate surface area is 140 Å². The molecule has 0 bridgehead atoms. The molecule has 0 N–H and O–H groups in total. The zero-order valence-corrected chi connectivity index (χ0v) is 15.2. The molecular weight excluding hydrogens is 288 g/mol. The van der Waals surface area contributed by atoms with Crippen LogP contribution in [0.15, 0.2) is 34.9 Å². The van der Waals surface area contributed by atoms with Gasteiger partial charge >= 0.3 is 5.97 Å². The third-order valence-corrected chi connectivity index (χ3v) is 4.60. The highest BCUT2D eigenvalue weighted by Gasteiger charge is 2.43. The van der Waals surface area contributed by atoms with E-state index in [1.54, 1.807) is 6.08 Å². The zero-order chi connectivity index (χ0) is 17.5. The molecule has 3 nitrogen and oxygen atoms in total. The summed E-state index contributed by atoms with van der Waals surface area (Å²) in [5.41, 5.74) is 2.85. The van der Waals surface area contributed by atoms with E-state index >= 15 is 0 Å². The molecule has 0 saturated carbocycles. The molecule has 3 heteroatoms. The average molecular weight is 318 g/mol. The third kappa shape index (κ3) is 5.19. The SMILES string of the molecule is CCC1=CC(=O)CCC1(C/C=C(\C)CCC=C(C)C)C(=O)OC. The first-order valence-electron chi connectivity index (χ1n) is 8.47. The number of rotatable bonds is 7. The second kappa shape index (κ2) is 8.85. The lowest BCUT2D eigenvalue weighted by Crippen LogP contribution is -2.37. The van der Waals surface area contributed by atoms with Gasteiger partial charge in [-0.3, -0.25) is 9.59 Å². The largest absolute Gasteiger partial charge is 0.468 e. The number of carbonyl (C=O) groups is 2. The van der Waals surface area contributed by atoms with Gasteiger partial charge in [0.05, 0.1) is 12.5 Å². The first kappa shape index (κ1) is 19.4. The fraction of sp³-hybridized carbons (Fsp3) is 0.600. The van der Waals surface area contributed by atoms with Gasteiger partial charge in [0.1, 0.15) is 0 Å². The Bertz CT molecular complexity index is 533. The topological polar surface area (TPSA) is 43.4 Å². The Morgan fingerprint density at radius 2 is 2.00 bits per heavy atom. The maximum Gasteiger partial charge on any atom is 0.316 e. The van der Waals surface area contributed by atoms with Crippen LogP contribution in [0.1, 0.15) is 66.2 Å². The number of carbonyl (C=O) groups excluding carboxylic acids is 2. The van der Waals surface area contributed by atoms with Crippen molar-refractivity contribution in [2.24, 2.45) is 5.41 Å². The summed E-state index contributed by atoms with van der Waals surface area (Å²) in [6.45, 7) is 8.30. The van der Waals surface area contributed by atoms with Crippen molar-refractivity contribution in [2.75, 3.05) is 7.11 Å². The van der Waals surface area contributed by atoms with Gasteiger partial charge in [0.15, 0.2) is 5.78 Å². The van der Waals surface area contributed by atoms with Crippen LogP contribution in [0.4, 0.5) is 0 Å². The molecule has 0 heterocycles. The fourth-order valence-corrected chi connectivity index (χ4v) is 3.13. The number of methoxy groups -OCH3 is 1. The Morgan fingerprint density at radius 1 is 1.30 bits per heavy atom. The van der Waals surface area contributed by atoms with Gasteiger partial charge in [-0.15, -0.1) is 0 Å². The summed E-state index contributed by atoms with van der Waals surface area (Å²) in [5.74, 6) is -0.0999.